The highest BCUT2D eigenvalue weighted by Gasteiger charge is 2.02. The third-order valence-electron chi connectivity index (χ3n) is 3.12. The predicted molar refractivity (Wildman–Crippen MR) is 82.1 cm³/mol. The minimum atomic E-state index is -0.254. The van der Waals surface area contributed by atoms with E-state index >= 15 is 0 Å². The Morgan fingerprint density at radius 3 is 2.32 bits per heavy atom. The van der Waals surface area contributed by atoms with Crippen LogP contribution in [-0.4, -0.2) is 24.4 Å². The van der Waals surface area contributed by atoms with Gasteiger partial charge in [0.1, 0.15) is 0 Å². The Morgan fingerprint density at radius 1 is 0.842 bits per heavy atom. The lowest BCUT2D eigenvalue weighted by atomic mass is 10.1. The highest BCUT2D eigenvalue weighted by Crippen LogP contribution is 2.03. The quantitative estimate of drug-likeness (QED) is 0.422. The van der Waals surface area contributed by atoms with Gasteiger partial charge >= 0.3 is 0 Å². The maximum absolute atomic E-state index is 9.73. The molecule has 19 heavy (non-hydrogen) atoms. The van der Waals surface area contributed by atoms with Crippen molar-refractivity contribution in [1.82, 2.24) is 0 Å². The third kappa shape index (κ3) is 15.4. The van der Waals surface area contributed by atoms with Gasteiger partial charge in [-0.1, -0.05) is 39.5 Å². The molecule has 0 aliphatic rings. The van der Waals surface area contributed by atoms with Crippen LogP contribution in [0.15, 0.2) is 0 Å². The van der Waals surface area contributed by atoms with Gasteiger partial charge in [0, 0.05) is 26.1 Å². The van der Waals surface area contributed by atoms with Crippen LogP contribution in [-0.2, 0) is 4.74 Å². The second-order valence-corrected chi connectivity index (χ2v) is 5.11. The number of aliphatic hydroxyl groups excluding tert-OH is 1. The Morgan fingerprint density at radius 2 is 1.58 bits per heavy atom. The first kappa shape index (κ1) is 18.5. The lowest BCUT2D eigenvalue weighted by molar-refractivity contribution is 0.0775. The van der Waals surface area contributed by atoms with Crippen molar-refractivity contribution in [3.63, 3.8) is 0 Å². The van der Waals surface area contributed by atoms with Gasteiger partial charge < -0.3 is 9.84 Å². The molecule has 0 aromatic rings. The van der Waals surface area contributed by atoms with Crippen LogP contribution in [0.25, 0.3) is 0 Å². The largest absolute Gasteiger partial charge is 0.393 e. The van der Waals surface area contributed by atoms with Gasteiger partial charge in [0.05, 0.1) is 6.10 Å². The fourth-order valence-electron chi connectivity index (χ4n) is 1.77. The van der Waals surface area contributed by atoms with E-state index in [4.69, 9.17) is 4.74 Å². The molecule has 2 heteroatoms. The van der Waals surface area contributed by atoms with Crippen molar-refractivity contribution < 1.29 is 9.84 Å². The smallest absolute Gasteiger partial charge is 0.0571 e. The van der Waals surface area contributed by atoms with Crippen LogP contribution in [0.5, 0.6) is 0 Å². The summed E-state index contributed by atoms with van der Waals surface area (Å²) in [6, 6.07) is 0. The molecule has 0 rings (SSSR count). The molecule has 0 bridgehead atoms. The molecule has 0 unspecified atom stereocenters. The first-order valence-electron chi connectivity index (χ1n) is 8.02. The third-order valence-corrected chi connectivity index (χ3v) is 3.12. The number of ether oxygens (including phenoxy) is 1. The summed E-state index contributed by atoms with van der Waals surface area (Å²) in [5.41, 5.74) is 0. The summed E-state index contributed by atoms with van der Waals surface area (Å²) >= 11 is 0. The van der Waals surface area contributed by atoms with Crippen LogP contribution in [0, 0.1) is 11.8 Å². The summed E-state index contributed by atoms with van der Waals surface area (Å²) in [7, 11) is 0. The summed E-state index contributed by atoms with van der Waals surface area (Å²) in [5.74, 6) is 6.34. The van der Waals surface area contributed by atoms with E-state index < -0.39 is 0 Å². The first-order chi connectivity index (χ1) is 9.31. The fourth-order valence-corrected chi connectivity index (χ4v) is 1.77. The molecule has 0 aliphatic heterocycles. The van der Waals surface area contributed by atoms with Crippen LogP contribution in [0.4, 0.5) is 0 Å². The molecule has 0 aromatic heterocycles. The highest BCUT2D eigenvalue weighted by atomic mass is 16.5. The van der Waals surface area contributed by atoms with E-state index in [1.807, 2.05) is 0 Å². The van der Waals surface area contributed by atoms with Gasteiger partial charge in [-0.2, -0.15) is 0 Å². The van der Waals surface area contributed by atoms with E-state index in [-0.39, 0.29) is 6.10 Å². The molecule has 0 heterocycles. The summed E-state index contributed by atoms with van der Waals surface area (Å²) in [6.07, 6.45) is 10.5. The molecule has 0 spiro atoms. The zero-order chi connectivity index (χ0) is 14.2. The van der Waals surface area contributed by atoms with Crippen LogP contribution < -0.4 is 0 Å². The van der Waals surface area contributed by atoms with Gasteiger partial charge in [0.25, 0.3) is 0 Å². The molecule has 0 saturated heterocycles. The zero-order valence-electron chi connectivity index (χ0n) is 12.9. The second kappa shape index (κ2) is 15.5. The normalized spacial score (nSPS) is 11.9. The summed E-state index contributed by atoms with van der Waals surface area (Å²) in [5, 5.41) is 9.73. The number of hydrogen-bond donors (Lipinski definition) is 1. The van der Waals surface area contributed by atoms with Gasteiger partial charge in [-0.25, -0.2) is 0 Å². The average Bonchev–Trinajstić information content (AvgIpc) is 2.41. The predicted octanol–water partition coefficient (Wildman–Crippen LogP) is 4.31. The SMILES string of the molecule is CCCCCCC#CCC[C@@H](O)CCOCCCC. The molecule has 1 N–H and O–H groups in total. The molecule has 2 nitrogen and oxygen atoms in total. The van der Waals surface area contributed by atoms with E-state index in [2.05, 4.69) is 25.7 Å². The van der Waals surface area contributed by atoms with Crippen molar-refractivity contribution in [3.8, 4) is 11.8 Å². The lowest BCUT2D eigenvalue weighted by Crippen LogP contribution is -2.10. The van der Waals surface area contributed by atoms with Gasteiger partial charge in [-0.05, 0) is 25.7 Å². The van der Waals surface area contributed by atoms with Crippen molar-refractivity contribution in [2.24, 2.45) is 0 Å². The molecule has 1 atom stereocenters. The molecule has 0 saturated carbocycles. The minimum Gasteiger partial charge on any atom is -0.393 e. The van der Waals surface area contributed by atoms with Crippen LogP contribution >= 0.6 is 0 Å². The van der Waals surface area contributed by atoms with Crippen molar-refractivity contribution in [1.29, 1.82) is 0 Å². The Kier molecular flexibility index (Phi) is 15.1. The van der Waals surface area contributed by atoms with Crippen molar-refractivity contribution >= 4 is 0 Å². The van der Waals surface area contributed by atoms with E-state index in [1.54, 1.807) is 0 Å². The highest BCUT2D eigenvalue weighted by molar-refractivity contribution is 4.98. The van der Waals surface area contributed by atoms with Gasteiger partial charge in [0.2, 0.25) is 0 Å². The summed E-state index contributed by atoms with van der Waals surface area (Å²) < 4.78 is 5.43. The van der Waals surface area contributed by atoms with Crippen LogP contribution in [0.3, 0.4) is 0 Å². The van der Waals surface area contributed by atoms with Crippen molar-refractivity contribution in [2.75, 3.05) is 13.2 Å². The fraction of sp³-hybridized carbons (Fsp3) is 0.882. The Balaban J connectivity index is 3.28. The number of hydrogen-bond acceptors (Lipinski definition) is 2. The molecule has 0 aliphatic carbocycles. The van der Waals surface area contributed by atoms with Crippen LogP contribution in [0.2, 0.25) is 0 Å². The molecule has 112 valence electrons. The monoisotopic (exact) mass is 268 g/mol. The van der Waals surface area contributed by atoms with Crippen molar-refractivity contribution in [3.05, 3.63) is 0 Å². The molecular formula is C17H32O2. The number of aliphatic hydroxyl groups is 1. The van der Waals surface area contributed by atoms with Crippen molar-refractivity contribution in [2.45, 2.75) is 84.2 Å². The standard InChI is InChI=1S/C17H32O2/c1-3-5-7-8-9-10-11-12-13-17(18)14-16-19-15-6-4-2/h17-18H,3-9,12-16H2,1-2H3/t17-/m1/s1. The van der Waals surface area contributed by atoms with Crippen LogP contribution in [0.1, 0.15) is 78.1 Å². The number of rotatable bonds is 12. The van der Waals surface area contributed by atoms with E-state index in [0.717, 1.165) is 45.1 Å². The topological polar surface area (TPSA) is 29.5 Å². The van der Waals surface area contributed by atoms with Gasteiger partial charge in [-0.3, -0.25) is 0 Å². The van der Waals surface area contributed by atoms with Gasteiger partial charge in [0.15, 0.2) is 0 Å². The van der Waals surface area contributed by atoms with E-state index in [0.29, 0.717) is 6.61 Å². The summed E-state index contributed by atoms with van der Waals surface area (Å²) in [4.78, 5) is 0. The molecule has 0 radical (unpaired) electrons. The molecule has 0 amide bonds. The van der Waals surface area contributed by atoms with Gasteiger partial charge in [-0.15, -0.1) is 11.8 Å². The maximum atomic E-state index is 9.73. The molecule has 0 aromatic carbocycles. The minimum absolute atomic E-state index is 0.254. The van der Waals surface area contributed by atoms with E-state index in [1.165, 1.54) is 25.7 Å². The average molecular weight is 268 g/mol. The Bertz CT molecular complexity index is 227. The zero-order valence-corrected chi connectivity index (χ0v) is 12.9. The second-order valence-electron chi connectivity index (χ2n) is 5.11. The number of unbranched alkanes of at least 4 members (excludes halogenated alkanes) is 5. The summed E-state index contributed by atoms with van der Waals surface area (Å²) in [6.45, 7) is 5.87. The first-order valence-corrected chi connectivity index (χ1v) is 8.02. The van der Waals surface area contributed by atoms with E-state index in [9.17, 15) is 5.11 Å². The lowest BCUT2D eigenvalue weighted by Gasteiger charge is -2.08. The maximum Gasteiger partial charge on any atom is 0.0571 e. The molecule has 0 fully saturated rings. The Hall–Kier alpha value is -0.520. The Labute approximate surface area is 119 Å². The molecular weight excluding hydrogens is 236 g/mol.